The molecule has 20 heavy (non-hydrogen) atoms. The van der Waals surface area contributed by atoms with E-state index in [0.717, 1.165) is 0 Å². The fourth-order valence-corrected chi connectivity index (χ4v) is 2.48. The fraction of sp³-hybridized carbons (Fsp3) is 0.400. The van der Waals surface area contributed by atoms with Gasteiger partial charge in [0.25, 0.3) is 11.8 Å². The SMILES string of the molecule is CC.O=C1CCC(N2C(=O)c3ccccc3C2=O)CN1. The molecule has 5 nitrogen and oxygen atoms in total. The first-order valence-electron chi connectivity index (χ1n) is 6.92. The second-order valence-corrected chi connectivity index (χ2v) is 4.52. The number of imide groups is 1. The number of fused-ring (bicyclic) bond motifs is 1. The van der Waals surface area contributed by atoms with E-state index in [-0.39, 0.29) is 23.8 Å². The number of piperidine rings is 1. The Morgan fingerprint density at radius 1 is 1.05 bits per heavy atom. The van der Waals surface area contributed by atoms with Gasteiger partial charge in [-0.1, -0.05) is 26.0 Å². The molecule has 0 spiro atoms. The number of nitrogens with zero attached hydrogens (tertiary/aromatic N) is 1. The number of benzene rings is 1. The molecule has 0 saturated carbocycles. The van der Waals surface area contributed by atoms with E-state index in [9.17, 15) is 14.4 Å². The molecule has 0 radical (unpaired) electrons. The molecular formula is C15H18N2O3. The lowest BCUT2D eigenvalue weighted by molar-refractivity contribution is -0.123. The molecule has 0 bridgehead atoms. The summed E-state index contributed by atoms with van der Waals surface area (Å²) in [6.07, 6.45) is 0.898. The van der Waals surface area contributed by atoms with Crippen LogP contribution in [0.5, 0.6) is 0 Å². The maximum atomic E-state index is 12.2. The van der Waals surface area contributed by atoms with Crippen LogP contribution in [0.2, 0.25) is 0 Å². The van der Waals surface area contributed by atoms with Crippen LogP contribution in [0.15, 0.2) is 24.3 Å². The fourth-order valence-electron chi connectivity index (χ4n) is 2.48. The summed E-state index contributed by atoms with van der Waals surface area (Å²) < 4.78 is 0. The Morgan fingerprint density at radius 2 is 1.60 bits per heavy atom. The molecule has 5 heteroatoms. The molecule has 1 aromatic rings. The van der Waals surface area contributed by atoms with Crippen LogP contribution in [-0.4, -0.2) is 35.2 Å². The van der Waals surface area contributed by atoms with Gasteiger partial charge in [0, 0.05) is 13.0 Å². The van der Waals surface area contributed by atoms with Gasteiger partial charge in [0.2, 0.25) is 5.91 Å². The number of nitrogens with one attached hydrogen (secondary N) is 1. The summed E-state index contributed by atoms with van der Waals surface area (Å²) in [5, 5.41) is 2.69. The molecule has 0 aromatic heterocycles. The first-order valence-corrected chi connectivity index (χ1v) is 6.92. The van der Waals surface area contributed by atoms with Gasteiger partial charge in [-0.2, -0.15) is 0 Å². The van der Waals surface area contributed by atoms with Crippen molar-refractivity contribution in [3.8, 4) is 0 Å². The zero-order valence-corrected chi connectivity index (χ0v) is 11.7. The van der Waals surface area contributed by atoms with Crippen LogP contribution in [0.1, 0.15) is 47.4 Å². The molecule has 1 unspecified atom stereocenters. The van der Waals surface area contributed by atoms with Gasteiger partial charge in [0.1, 0.15) is 0 Å². The average Bonchev–Trinajstić information content (AvgIpc) is 2.75. The van der Waals surface area contributed by atoms with E-state index in [1.54, 1.807) is 24.3 Å². The summed E-state index contributed by atoms with van der Waals surface area (Å²) in [5.74, 6) is -0.531. The normalized spacial score (nSPS) is 21.0. The number of hydrogen-bond acceptors (Lipinski definition) is 3. The molecule has 3 rings (SSSR count). The monoisotopic (exact) mass is 274 g/mol. The van der Waals surface area contributed by atoms with Crippen LogP contribution in [0.25, 0.3) is 0 Å². The van der Waals surface area contributed by atoms with Crippen LogP contribution >= 0.6 is 0 Å². The molecule has 3 amide bonds. The third-order valence-electron chi connectivity index (χ3n) is 3.43. The lowest BCUT2D eigenvalue weighted by atomic mass is 10.1. The Kier molecular flexibility index (Phi) is 4.17. The van der Waals surface area contributed by atoms with Gasteiger partial charge in [-0.3, -0.25) is 19.3 Å². The smallest absolute Gasteiger partial charge is 0.261 e. The van der Waals surface area contributed by atoms with Crippen molar-refractivity contribution >= 4 is 17.7 Å². The molecule has 0 aliphatic carbocycles. The van der Waals surface area contributed by atoms with Gasteiger partial charge < -0.3 is 5.32 Å². The summed E-state index contributed by atoms with van der Waals surface area (Å²) in [6, 6.07) is 6.59. The van der Waals surface area contributed by atoms with Crippen molar-refractivity contribution in [3.05, 3.63) is 35.4 Å². The first-order chi connectivity index (χ1) is 9.68. The van der Waals surface area contributed by atoms with E-state index in [4.69, 9.17) is 0 Å². The minimum atomic E-state index is -0.253. The zero-order chi connectivity index (χ0) is 14.7. The number of rotatable bonds is 1. The predicted octanol–water partition coefficient (Wildman–Crippen LogP) is 1.59. The Hall–Kier alpha value is -2.17. The Morgan fingerprint density at radius 3 is 2.05 bits per heavy atom. The molecule has 2 aliphatic rings. The van der Waals surface area contributed by atoms with Crippen LogP contribution in [0.3, 0.4) is 0 Å². The van der Waals surface area contributed by atoms with Crippen LogP contribution < -0.4 is 5.32 Å². The van der Waals surface area contributed by atoms with E-state index in [1.807, 2.05) is 13.8 Å². The van der Waals surface area contributed by atoms with Gasteiger partial charge in [-0.05, 0) is 18.6 Å². The summed E-state index contributed by atoms with van der Waals surface area (Å²) in [5.41, 5.74) is 0.916. The van der Waals surface area contributed by atoms with Gasteiger partial charge >= 0.3 is 0 Å². The van der Waals surface area contributed by atoms with Gasteiger partial charge in [-0.15, -0.1) is 0 Å². The second kappa shape index (κ2) is 5.86. The van der Waals surface area contributed by atoms with Crippen molar-refractivity contribution in [2.75, 3.05) is 6.54 Å². The van der Waals surface area contributed by atoms with E-state index >= 15 is 0 Å². The summed E-state index contributed by atoms with van der Waals surface area (Å²) in [6.45, 7) is 4.35. The minimum absolute atomic E-state index is 0.0251. The molecule has 1 atom stereocenters. The highest BCUT2D eigenvalue weighted by molar-refractivity contribution is 6.21. The quantitative estimate of drug-likeness (QED) is 0.791. The van der Waals surface area contributed by atoms with Crippen molar-refractivity contribution < 1.29 is 14.4 Å². The van der Waals surface area contributed by atoms with E-state index in [0.29, 0.717) is 30.5 Å². The largest absolute Gasteiger partial charge is 0.354 e. The van der Waals surface area contributed by atoms with E-state index in [2.05, 4.69) is 5.32 Å². The van der Waals surface area contributed by atoms with Crippen LogP contribution in [0, 0.1) is 0 Å². The first kappa shape index (κ1) is 14.2. The predicted molar refractivity (Wildman–Crippen MR) is 74.3 cm³/mol. The van der Waals surface area contributed by atoms with Crippen LogP contribution in [-0.2, 0) is 4.79 Å². The van der Waals surface area contributed by atoms with Crippen LogP contribution in [0.4, 0.5) is 0 Å². The topological polar surface area (TPSA) is 66.5 Å². The molecular weight excluding hydrogens is 256 g/mol. The molecule has 106 valence electrons. The minimum Gasteiger partial charge on any atom is -0.354 e. The summed E-state index contributed by atoms with van der Waals surface area (Å²) in [4.78, 5) is 36.7. The van der Waals surface area contributed by atoms with Crippen molar-refractivity contribution in [2.45, 2.75) is 32.7 Å². The van der Waals surface area contributed by atoms with E-state index in [1.165, 1.54) is 4.90 Å². The highest BCUT2D eigenvalue weighted by Crippen LogP contribution is 2.26. The Labute approximate surface area is 118 Å². The maximum Gasteiger partial charge on any atom is 0.261 e. The van der Waals surface area contributed by atoms with Gasteiger partial charge in [0.15, 0.2) is 0 Å². The summed E-state index contributed by atoms with van der Waals surface area (Å²) in [7, 11) is 0. The van der Waals surface area contributed by atoms with Crippen molar-refractivity contribution in [3.63, 3.8) is 0 Å². The highest BCUT2D eigenvalue weighted by atomic mass is 16.2. The zero-order valence-electron chi connectivity index (χ0n) is 11.7. The second-order valence-electron chi connectivity index (χ2n) is 4.52. The summed E-state index contributed by atoms with van der Waals surface area (Å²) >= 11 is 0. The number of hydrogen-bond donors (Lipinski definition) is 1. The number of amides is 3. The van der Waals surface area contributed by atoms with Crippen molar-refractivity contribution in [2.24, 2.45) is 0 Å². The third-order valence-corrected chi connectivity index (χ3v) is 3.43. The standard InChI is InChI=1S/C13H12N2O3.C2H6/c16-11-6-5-8(7-14-11)15-12(17)9-3-1-2-4-10(9)13(15)18;1-2/h1-4,8H,5-7H2,(H,14,16);1-2H3. The molecule has 2 aliphatic heterocycles. The lowest BCUT2D eigenvalue weighted by Gasteiger charge is -2.29. The van der Waals surface area contributed by atoms with Gasteiger partial charge in [0.05, 0.1) is 17.2 Å². The maximum absolute atomic E-state index is 12.2. The van der Waals surface area contributed by atoms with E-state index < -0.39 is 0 Å². The lowest BCUT2D eigenvalue weighted by Crippen LogP contribution is -2.50. The Bertz CT molecular complexity index is 509. The van der Waals surface area contributed by atoms with Gasteiger partial charge in [-0.25, -0.2) is 0 Å². The molecule has 2 heterocycles. The molecule has 1 fully saturated rings. The third kappa shape index (κ3) is 2.31. The molecule has 1 aromatic carbocycles. The Balaban J connectivity index is 0.000000704. The van der Waals surface area contributed by atoms with Crippen molar-refractivity contribution in [1.29, 1.82) is 0 Å². The average molecular weight is 274 g/mol. The highest BCUT2D eigenvalue weighted by Gasteiger charge is 2.40. The number of carbonyl (C=O) groups is 3. The number of carbonyl (C=O) groups excluding carboxylic acids is 3. The molecule has 1 N–H and O–H groups in total. The molecule has 1 saturated heterocycles. The van der Waals surface area contributed by atoms with Crippen molar-refractivity contribution in [1.82, 2.24) is 10.2 Å².